The number of rotatable bonds is 7. The molecule has 0 radical (unpaired) electrons. The van der Waals surface area contributed by atoms with E-state index in [1.807, 2.05) is 52.9 Å². The fourth-order valence-corrected chi connectivity index (χ4v) is 4.27. The molecule has 2 aromatic carbocycles. The van der Waals surface area contributed by atoms with E-state index in [0.29, 0.717) is 18.2 Å². The van der Waals surface area contributed by atoms with Crippen molar-refractivity contribution in [2.45, 2.75) is 18.0 Å². The molecule has 0 aliphatic carbocycles. The van der Waals surface area contributed by atoms with Gasteiger partial charge in [-0.2, -0.15) is 10.5 Å². The van der Waals surface area contributed by atoms with E-state index in [1.54, 1.807) is 4.90 Å². The number of carbonyl (C=O) groups excluding carboxylic acids is 1. The molecule has 0 N–H and O–H groups in total. The van der Waals surface area contributed by atoms with Crippen LogP contribution >= 0.6 is 11.8 Å². The molecular formula is C22H18N6OS. The van der Waals surface area contributed by atoms with Crippen LogP contribution in [0, 0.1) is 22.7 Å². The van der Waals surface area contributed by atoms with Crippen LogP contribution < -0.4 is 0 Å². The maximum Gasteiger partial charge on any atom is 0.233 e. The van der Waals surface area contributed by atoms with Crippen molar-refractivity contribution in [3.63, 3.8) is 0 Å². The molecule has 0 unspecified atom stereocenters. The number of nitrogens with zero attached hydrogens (tertiary/aromatic N) is 6. The fourth-order valence-electron chi connectivity index (χ4n) is 3.36. The fraction of sp³-hybridized carbons (Fsp3) is 0.227. The molecule has 30 heavy (non-hydrogen) atoms. The summed E-state index contributed by atoms with van der Waals surface area (Å²) >= 11 is 1.34. The molecule has 4 aromatic rings. The lowest BCUT2D eigenvalue weighted by atomic mass is 10.2. The molecule has 1 amide bonds. The smallest absolute Gasteiger partial charge is 0.233 e. The van der Waals surface area contributed by atoms with Crippen LogP contribution in [0.3, 0.4) is 0 Å². The second kappa shape index (κ2) is 8.81. The lowest BCUT2D eigenvalue weighted by Gasteiger charge is -2.20. The highest BCUT2D eigenvalue weighted by Crippen LogP contribution is 2.29. The van der Waals surface area contributed by atoms with Gasteiger partial charge < -0.3 is 4.90 Å². The molecule has 0 atom stereocenters. The van der Waals surface area contributed by atoms with Crippen LogP contribution in [-0.2, 0) is 4.79 Å². The lowest BCUT2D eigenvalue weighted by molar-refractivity contribution is -0.128. The summed E-state index contributed by atoms with van der Waals surface area (Å²) in [7, 11) is 0. The summed E-state index contributed by atoms with van der Waals surface area (Å²) in [6, 6.07) is 19.8. The van der Waals surface area contributed by atoms with E-state index in [2.05, 4.69) is 12.1 Å². The Morgan fingerprint density at radius 3 is 2.37 bits per heavy atom. The third kappa shape index (κ3) is 3.78. The van der Waals surface area contributed by atoms with E-state index < -0.39 is 0 Å². The van der Waals surface area contributed by atoms with Crippen LogP contribution in [0.25, 0.3) is 27.6 Å². The Morgan fingerprint density at radius 2 is 1.63 bits per heavy atom. The Kier molecular flexibility index (Phi) is 5.78. The zero-order valence-electron chi connectivity index (χ0n) is 16.2. The van der Waals surface area contributed by atoms with Crippen LogP contribution in [0.4, 0.5) is 0 Å². The molecule has 2 heterocycles. The molecule has 0 saturated carbocycles. The Morgan fingerprint density at radius 1 is 0.967 bits per heavy atom. The van der Waals surface area contributed by atoms with Crippen molar-refractivity contribution in [3.05, 3.63) is 48.5 Å². The quantitative estimate of drug-likeness (QED) is 0.337. The Bertz CT molecular complexity index is 1300. The minimum absolute atomic E-state index is 0.113. The number of hydrogen-bond acceptors (Lipinski definition) is 6. The highest BCUT2D eigenvalue weighted by molar-refractivity contribution is 7.99. The van der Waals surface area contributed by atoms with Crippen LogP contribution in [0.15, 0.2) is 53.7 Å². The normalized spacial score (nSPS) is 10.9. The molecule has 148 valence electrons. The van der Waals surface area contributed by atoms with E-state index in [1.165, 1.54) is 11.8 Å². The summed E-state index contributed by atoms with van der Waals surface area (Å²) in [5.74, 6) is 0.0575. The largest absolute Gasteiger partial charge is 0.340 e. The van der Waals surface area contributed by atoms with Crippen molar-refractivity contribution < 1.29 is 4.79 Å². The molecule has 7 nitrogen and oxygen atoms in total. The van der Waals surface area contributed by atoms with Gasteiger partial charge in [0.1, 0.15) is 5.65 Å². The molecule has 0 spiro atoms. The van der Waals surface area contributed by atoms with Gasteiger partial charge >= 0.3 is 0 Å². The van der Waals surface area contributed by atoms with Crippen LogP contribution in [-0.4, -0.2) is 44.0 Å². The van der Waals surface area contributed by atoms with E-state index in [4.69, 9.17) is 20.5 Å². The molecular weight excluding hydrogens is 396 g/mol. The number of para-hydroxylation sites is 3. The minimum Gasteiger partial charge on any atom is -0.340 e. The Labute approximate surface area is 177 Å². The van der Waals surface area contributed by atoms with E-state index in [-0.39, 0.29) is 24.5 Å². The number of imidazole rings is 1. The first kappa shape index (κ1) is 19.7. The summed E-state index contributed by atoms with van der Waals surface area (Å²) in [4.78, 5) is 23.9. The zero-order chi connectivity index (χ0) is 20.9. The van der Waals surface area contributed by atoms with Crippen LogP contribution in [0.1, 0.15) is 12.8 Å². The van der Waals surface area contributed by atoms with Crippen molar-refractivity contribution in [2.24, 2.45) is 0 Å². The highest BCUT2D eigenvalue weighted by Gasteiger charge is 2.18. The molecule has 0 bridgehead atoms. The zero-order valence-corrected chi connectivity index (χ0v) is 17.0. The van der Waals surface area contributed by atoms with E-state index >= 15 is 0 Å². The van der Waals surface area contributed by atoms with E-state index in [9.17, 15) is 4.79 Å². The van der Waals surface area contributed by atoms with Crippen LogP contribution in [0.2, 0.25) is 0 Å². The van der Waals surface area contributed by atoms with Gasteiger partial charge in [-0.25, -0.2) is 9.97 Å². The summed E-state index contributed by atoms with van der Waals surface area (Å²) in [6.45, 7) is 0.651. The molecule has 4 rings (SSSR count). The van der Waals surface area contributed by atoms with Gasteiger partial charge in [0.15, 0.2) is 5.16 Å². The predicted octanol–water partition coefficient (Wildman–Crippen LogP) is 3.78. The lowest BCUT2D eigenvalue weighted by Crippen LogP contribution is -2.34. The minimum atomic E-state index is -0.113. The summed E-state index contributed by atoms with van der Waals surface area (Å²) in [6.07, 6.45) is 0.485. The Hall–Kier alpha value is -3.62. The second-order valence-electron chi connectivity index (χ2n) is 6.66. The number of fused-ring (bicyclic) bond motifs is 5. The maximum atomic E-state index is 12.8. The average Bonchev–Trinajstić information content (AvgIpc) is 3.17. The predicted molar refractivity (Wildman–Crippen MR) is 116 cm³/mol. The summed E-state index contributed by atoms with van der Waals surface area (Å²) in [5, 5.41) is 19.3. The van der Waals surface area contributed by atoms with Gasteiger partial charge in [-0.05, 0) is 24.3 Å². The van der Waals surface area contributed by atoms with E-state index in [0.717, 1.165) is 27.6 Å². The number of aromatic nitrogens is 3. The average molecular weight is 414 g/mol. The molecule has 0 saturated heterocycles. The van der Waals surface area contributed by atoms with Gasteiger partial charge in [-0.15, -0.1) is 0 Å². The SMILES string of the molecule is N#CCCN(CCC#N)C(=O)CSc1nc2ccccc2c2nc3ccccc3n12. The number of carbonyl (C=O) groups is 1. The van der Waals surface area contributed by atoms with Crippen LogP contribution in [0.5, 0.6) is 0 Å². The molecule has 2 aromatic heterocycles. The van der Waals surface area contributed by atoms with Gasteiger partial charge in [-0.1, -0.05) is 36.0 Å². The first-order chi connectivity index (χ1) is 14.7. The van der Waals surface area contributed by atoms with Crippen molar-refractivity contribution in [3.8, 4) is 12.1 Å². The first-order valence-electron chi connectivity index (χ1n) is 9.53. The number of amides is 1. The van der Waals surface area contributed by atoms with Crippen molar-refractivity contribution in [1.29, 1.82) is 10.5 Å². The number of benzene rings is 2. The van der Waals surface area contributed by atoms with Gasteiger partial charge in [0.2, 0.25) is 5.91 Å². The molecule has 0 aliphatic rings. The molecule has 0 fully saturated rings. The standard InChI is InChI=1S/C22H18N6OS/c23-11-5-13-27(14-6-12-24)20(29)15-30-22-26-17-8-2-1-7-16(17)21-25-18-9-3-4-10-19(18)28(21)22/h1-4,7-10H,5-6,13-15H2. The number of hydrogen-bond donors (Lipinski definition) is 0. The van der Waals surface area contributed by atoms with Gasteiger partial charge in [0.05, 0.1) is 47.3 Å². The van der Waals surface area contributed by atoms with Gasteiger partial charge in [-0.3, -0.25) is 9.20 Å². The second-order valence-corrected chi connectivity index (χ2v) is 7.60. The first-order valence-corrected chi connectivity index (χ1v) is 10.5. The summed E-state index contributed by atoms with van der Waals surface area (Å²) in [5.41, 5.74) is 3.43. The number of thioether (sulfide) groups is 1. The molecule has 0 aliphatic heterocycles. The van der Waals surface area contributed by atoms with Gasteiger partial charge in [0.25, 0.3) is 0 Å². The molecule has 8 heteroatoms. The van der Waals surface area contributed by atoms with Crippen molar-refractivity contribution in [1.82, 2.24) is 19.3 Å². The van der Waals surface area contributed by atoms with Gasteiger partial charge in [0, 0.05) is 18.5 Å². The monoisotopic (exact) mass is 414 g/mol. The Balaban J connectivity index is 1.70. The highest BCUT2D eigenvalue weighted by atomic mass is 32.2. The van der Waals surface area contributed by atoms with Crippen molar-refractivity contribution >= 4 is 45.3 Å². The maximum absolute atomic E-state index is 12.8. The number of nitriles is 2. The third-order valence-electron chi connectivity index (χ3n) is 4.78. The topological polar surface area (TPSA) is 98.1 Å². The summed E-state index contributed by atoms with van der Waals surface area (Å²) < 4.78 is 1.99. The van der Waals surface area contributed by atoms with Crippen molar-refractivity contribution in [2.75, 3.05) is 18.8 Å². The third-order valence-corrected chi connectivity index (χ3v) is 5.70.